The van der Waals surface area contributed by atoms with Crippen LogP contribution in [0.5, 0.6) is 0 Å². The summed E-state index contributed by atoms with van der Waals surface area (Å²) in [5.41, 5.74) is 7.07. The molecule has 7 heteroatoms. The van der Waals surface area contributed by atoms with Gasteiger partial charge in [-0.25, -0.2) is 0 Å². The zero-order valence-electron chi connectivity index (χ0n) is 14.7. The summed E-state index contributed by atoms with van der Waals surface area (Å²) in [4.78, 5) is 14.9. The summed E-state index contributed by atoms with van der Waals surface area (Å²) >= 11 is 0. The highest BCUT2D eigenvalue weighted by Crippen LogP contribution is 2.18. The first-order valence-corrected chi connectivity index (χ1v) is 8.04. The molecule has 4 N–H and O–H groups in total. The summed E-state index contributed by atoms with van der Waals surface area (Å²) in [6.07, 6.45) is 0. The van der Waals surface area contributed by atoms with Crippen LogP contribution in [0.2, 0.25) is 0 Å². The minimum atomic E-state index is -0.781. The van der Waals surface area contributed by atoms with Crippen LogP contribution in [0.25, 0.3) is 0 Å². The van der Waals surface area contributed by atoms with E-state index in [-0.39, 0.29) is 5.95 Å². The average molecular weight is 330 g/mol. The van der Waals surface area contributed by atoms with Crippen LogP contribution in [0.15, 0.2) is 24.3 Å². The van der Waals surface area contributed by atoms with Gasteiger partial charge in [0.15, 0.2) is 0 Å². The van der Waals surface area contributed by atoms with Gasteiger partial charge in [-0.05, 0) is 38.9 Å². The van der Waals surface area contributed by atoms with Crippen molar-refractivity contribution in [3.8, 4) is 0 Å². The number of likely N-dealkylation sites (N-methyl/N-ethyl adjacent to an activating group) is 1. The van der Waals surface area contributed by atoms with Crippen molar-refractivity contribution in [3.63, 3.8) is 0 Å². The Balaban J connectivity index is 2.17. The van der Waals surface area contributed by atoms with E-state index in [0.29, 0.717) is 24.9 Å². The Morgan fingerprint density at radius 3 is 2.54 bits per heavy atom. The van der Waals surface area contributed by atoms with Gasteiger partial charge in [0.2, 0.25) is 11.9 Å². The largest absolute Gasteiger partial charge is 0.389 e. The van der Waals surface area contributed by atoms with Crippen molar-refractivity contribution >= 4 is 17.6 Å². The third-order valence-electron chi connectivity index (χ3n) is 3.51. The van der Waals surface area contributed by atoms with E-state index in [1.54, 1.807) is 13.8 Å². The molecule has 0 aliphatic heterocycles. The van der Waals surface area contributed by atoms with Gasteiger partial charge in [-0.2, -0.15) is 15.0 Å². The quantitative estimate of drug-likeness (QED) is 0.714. The second-order valence-corrected chi connectivity index (χ2v) is 6.49. The Morgan fingerprint density at radius 2 is 1.92 bits per heavy atom. The van der Waals surface area contributed by atoms with Crippen LogP contribution in [-0.2, 0) is 6.54 Å². The van der Waals surface area contributed by atoms with Gasteiger partial charge in [-0.3, -0.25) is 4.90 Å². The molecule has 0 bridgehead atoms. The van der Waals surface area contributed by atoms with E-state index in [9.17, 15) is 5.11 Å². The zero-order valence-corrected chi connectivity index (χ0v) is 14.7. The molecule has 0 amide bonds. The predicted molar refractivity (Wildman–Crippen MR) is 95.9 cm³/mol. The Morgan fingerprint density at radius 1 is 1.21 bits per heavy atom. The SMILES string of the molecule is CCN(Cc1nc(N)nc(Nc2ccccc2C)n1)CC(C)(C)O. The number of nitrogens with two attached hydrogens (primary N) is 1. The van der Waals surface area contributed by atoms with Gasteiger partial charge in [0, 0.05) is 12.2 Å². The molecular weight excluding hydrogens is 304 g/mol. The molecule has 0 saturated carbocycles. The first kappa shape index (κ1) is 18.1. The van der Waals surface area contributed by atoms with Gasteiger partial charge < -0.3 is 16.2 Å². The molecule has 0 aliphatic carbocycles. The number of nitrogens with zero attached hydrogens (tertiary/aromatic N) is 4. The maximum Gasteiger partial charge on any atom is 0.232 e. The number of nitrogens with one attached hydrogen (secondary N) is 1. The molecule has 0 aliphatic rings. The smallest absolute Gasteiger partial charge is 0.232 e. The van der Waals surface area contributed by atoms with Crippen LogP contribution in [0.1, 0.15) is 32.2 Å². The first-order chi connectivity index (χ1) is 11.3. The number of para-hydroxylation sites is 1. The van der Waals surface area contributed by atoms with E-state index in [0.717, 1.165) is 17.8 Å². The molecule has 0 spiro atoms. The molecule has 1 heterocycles. The predicted octanol–water partition coefficient (Wildman–Crippen LogP) is 2.10. The third-order valence-corrected chi connectivity index (χ3v) is 3.51. The van der Waals surface area contributed by atoms with Crippen molar-refractivity contribution in [3.05, 3.63) is 35.7 Å². The maximum absolute atomic E-state index is 10.00. The van der Waals surface area contributed by atoms with Crippen molar-refractivity contribution in [2.75, 3.05) is 24.1 Å². The molecule has 1 aromatic heterocycles. The molecule has 24 heavy (non-hydrogen) atoms. The number of hydrogen-bond acceptors (Lipinski definition) is 7. The molecular formula is C17H26N6O. The number of aryl methyl sites for hydroxylation is 1. The normalized spacial score (nSPS) is 11.8. The lowest BCUT2D eigenvalue weighted by Gasteiger charge is -2.27. The monoisotopic (exact) mass is 330 g/mol. The molecule has 0 radical (unpaired) electrons. The fraction of sp³-hybridized carbons (Fsp3) is 0.471. The van der Waals surface area contributed by atoms with Crippen molar-refractivity contribution < 1.29 is 5.11 Å². The van der Waals surface area contributed by atoms with E-state index in [2.05, 4.69) is 25.2 Å². The Labute approximate surface area is 143 Å². The fourth-order valence-corrected chi connectivity index (χ4v) is 2.42. The molecule has 0 saturated heterocycles. The maximum atomic E-state index is 10.00. The minimum Gasteiger partial charge on any atom is -0.389 e. The van der Waals surface area contributed by atoms with Crippen LogP contribution < -0.4 is 11.1 Å². The molecule has 130 valence electrons. The molecule has 7 nitrogen and oxygen atoms in total. The summed E-state index contributed by atoms with van der Waals surface area (Å²) in [5, 5.41) is 13.2. The van der Waals surface area contributed by atoms with Crippen LogP contribution in [0.4, 0.5) is 17.6 Å². The summed E-state index contributed by atoms with van der Waals surface area (Å²) in [7, 11) is 0. The van der Waals surface area contributed by atoms with Crippen molar-refractivity contribution in [1.29, 1.82) is 0 Å². The highest BCUT2D eigenvalue weighted by Gasteiger charge is 2.18. The van der Waals surface area contributed by atoms with E-state index >= 15 is 0 Å². The Bertz CT molecular complexity index is 683. The number of hydrogen-bond donors (Lipinski definition) is 3. The standard InChI is InChI=1S/C17H26N6O/c1-5-23(11-17(3,4)24)10-14-20-15(18)22-16(21-14)19-13-9-7-6-8-12(13)2/h6-9,24H,5,10-11H2,1-4H3,(H3,18,19,20,21,22). The summed E-state index contributed by atoms with van der Waals surface area (Å²) in [6, 6.07) is 7.89. The lowest BCUT2D eigenvalue weighted by molar-refractivity contribution is 0.0346. The number of aromatic nitrogens is 3. The number of nitrogen functional groups attached to an aromatic ring is 1. The van der Waals surface area contributed by atoms with Gasteiger partial charge in [-0.15, -0.1) is 0 Å². The van der Waals surface area contributed by atoms with E-state index in [1.807, 2.05) is 38.1 Å². The minimum absolute atomic E-state index is 0.176. The highest BCUT2D eigenvalue weighted by atomic mass is 16.3. The second kappa shape index (κ2) is 7.55. The van der Waals surface area contributed by atoms with Gasteiger partial charge in [0.05, 0.1) is 12.1 Å². The van der Waals surface area contributed by atoms with Gasteiger partial charge in [0.25, 0.3) is 0 Å². The van der Waals surface area contributed by atoms with E-state index < -0.39 is 5.60 Å². The molecule has 0 unspecified atom stereocenters. The highest BCUT2D eigenvalue weighted by molar-refractivity contribution is 5.58. The number of anilines is 3. The molecule has 2 aromatic rings. The van der Waals surface area contributed by atoms with Crippen LogP contribution in [0.3, 0.4) is 0 Å². The average Bonchev–Trinajstić information content (AvgIpc) is 2.47. The molecule has 0 atom stereocenters. The van der Waals surface area contributed by atoms with Gasteiger partial charge >= 0.3 is 0 Å². The van der Waals surface area contributed by atoms with E-state index in [4.69, 9.17) is 5.73 Å². The second-order valence-electron chi connectivity index (χ2n) is 6.49. The number of benzene rings is 1. The first-order valence-electron chi connectivity index (χ1n) is 8.04. The molecule has 1 aromatic carbocycles. The molecule has 0 fully saturated rings. The van der Waals surface area contributed by atoms with Gasteiger partial charge in [0.1, 0.15) is 5.82 Å². The Kier molecular flexibility index (Phi) is 5.69. The van der Waals surface area contributed by atoms with E-state index in [1.165, 1.54) is 0 Å². The number of aliphatic hydroxyl groups is 1. The van der Waals surface area contributed by atoms with Crippen molar-refractivity contribution in [1.82, 2.24) is 19.9 Å². The van der Waals surface area contributed by atoms with Crippen molar-refractivity contribution in [2.45, 2.75) is 39.8 Å². The summed E-state index contributed by atoms with van der Waals surface area (Å²) < 4.78 is 0. The van der Waals surface area contributed by atoms with Gasteiger partial charge in [-0.1, -0.05) is 25.1 Å². The summed E-state index contributed by atoms with van der Waals surface area (Å²) in [5.74, 6) is 1.17. The molecule has 2 rings (SSSR count). The lowest BCUT2D eigenvalue weighted by atomic mass is 10.1. The van der Waals surface area contributed by atoms with Crippen molar-refractivity contribution in [2.24, 2.45) is 0 Å². The topological polar surface area (TPSA) is 100 Å². The van der Waals surface area contributed by atoms with Crippen LogP contribution in [0, 0.1) is 6.92 Å². The number of rotatable bonds is 7. The third kappa shape index (κ3) is 5.43. The fourth-order valence-electron chi connectivity index (χ4n) is 2.42. The van der Waals surface area contributed by atoms with Crippen LogP contribution in [-0.4, -0.2) is 43.6 Å². The lowest BCUT2D eigenvalue weighted by Crippen LogP contribution is -2.38. The summed E-state index contributed by atoms with van der Waals surface area (Å²) in [6.45, 7) is 9.39. The zero-order chi connectivity index (χ0) is 17.7. The van der Waals surface area contributed by atoms with Crippen LogP contribution >= 0.6 is 0 Å². The Hall–Kier alpha value is -2.25.